The highest BCUT2D eigenvalue weighted by atomic mass is 16.2. The molecule has 17 heavy (non-hydrogen) atoms. The summed E-state index contributed by atoms with van der Waals surface area (Å²) < 4.78 is 0. The van der Waals surface area contributed by atoms with Crippen LogP contribution in [-0.2, 0) is 4.79 Å². The normalized spacial score (nSPS) is 33.3. The summed E-state index contributed by atoms with van der Waals surface area (Å²) in [5.41, 5.74) is 5.90. The summed E-state index contributed by atoms with van der Waals surface area (Å²) in [6, 6.07) is 0.123. The zero-order chi connectivity index (χ0) is 12.6. The van der Waals surface area contributed by atoms with E-state index in [2.05, 4.69) is 25.8 Å². The van der Waals surface area contributed by atoms with E-state index >= 15 is 0 Å². The predicted octanol–water partition coefficient (Wildman–Crippen LogP) is 0.666. The van der Waals surface area contributed by atoms with Crippen LogP contribution < -0.4 is 5.73 Å². The van der Waals surface area contributed by atoms with Gasteiger partial charge < -0.3 is 15.5 Å². The van der Waals surface area contributed by atoms with Crippen molar-refractivity contribution >= 4 is 5.91 Å². The molecule has 2 heterocycles. The van der Waals surface area contributed by atoms with Crippen molar-refractivity contribution in [3.63, 3.8) is 0 Å². The van der Waals surface area contributed by atoms with Crippen LogP contribution in [-0.4, -0.2) is 54.0 Å². The van der Waals surface area contributed by atoms with Crippen molar-refractivity contribution in [2.45, 2.75) is 44.7 Å². The van der Waals surface area contributed by atoms with Gasteiger partial charge in [-0.25, -0.2) is 0 Å². The van der Waals surface area contributed by atoms with Gasteiger partial charge in [-0.05, 0) is 46.2 Å². The van der Waals surface area contributed by atoms with Gasteiger partial charge in [0.15, 0.2) is 0 Å². The van der Waals surface area contributed by atoms with Gasteiger partial charge in [0, 0.05) is 25.6 Å². The molecule has 0 aromatic rings. The van der Waals surface area contributed by atoms with E-state index in [1.165, 1.54) is 0 Å². The van der Waals surface area contributed by atoms with Gasteiger partial charge in [0.05, 0.1) is 5.54 Å². The lowest BCUT2D eigenvalue weighted by Crippen LogP contribution is -2.51. The molecule has 2 aliphatic heterocycles. The molecule has 0 radical (unpaired) electrons. The van der Waals surface area contributed by atoms with Crippen molar-refractivity contribution in [1.29, 1.82) is 0 Å². The van der Waals surface area contributed by atoms with Gasteiger partial charge in [-0.1, -0.05) is 0 Å². The molecule has 4 heteroatoms. The highest BCUT2D eigenvalue weighted by Crippen LogP contribution is 2.29. The Balaban J connectivity index is 1.92. The van der Waals surface area contributed by atoms with E-state index in [0.29, 0.717) is 18.2 Å². The Bertz CT molecular complexity index is 303. The number of rotatable bonds is 2. The number of carbonyl (C=O) groups excluding carboxylic acids is 1. The Kier molecular flexibility index (Phi) is 3.46. The zero-order valence-electron chi connectivity index (χ0n) is 11.3. The van der Waals surface area contributed by atoms with E-state index in [1.807, 2.05) is 4.90 Å². The Labute approximate surface area is 104 Å². The SMILES string of the molecule is CN1CCC(CC(=O)N2CCC(N)C2(C)C)C1. The smallest absolute Gasteiger partial charge is 0.223 e. The molecule has 0 aromatic carbocycles. The fourth-order valence-electron chi connectivity index (χ4n) is 3.11. The van der Waals surface area contributed by atoms with Gasteiger partial charge in [0.2, 0.25) is 5.91 Å². The molecule has 2 atom stereocenters. The van der Waals surface area contributed by atoms with Gasteiger partial charge in [-0.2, -0.15) is 0 Å². The third-order valence-electron chi connectivity index (χ3n) is 4.52. The maximum absolute atomic E-state index is 12.3. The van der Waals surface area contributed by atoms with Crippen LogP contribution in [0, 0.1) is 5.92 Å². The van der Waals surface area contributed by atoms with Crippen LogP contribution in [0.15, 0.2) is 0 Å². The Morgan fingerprint density at radius 1 is 1.35 bits per heavy atom. The summed E-state index contributed by atoms with van der Waals surface area (Å²) in [7, 11) is 2.13. The number of nitrogens with two attached hydrogens (primary N) is 1. The number of carbonyl (C=O) groups is 1. The largest absolute Gasteiger partial charge is 0.336 e. The first-order valence-electron chi connectivity index (χ1n) is 6.66. The number of nitrogens with zero attached hydrogens (tertiary/aromatic N) is 2. The standard InChI is InChI=1S/C13H25N3O/c1-13(2)11(14)5-7-16(13)12(17)8-10-4-6-15(3)9-10/h10-11H,4-9,14H2,1-3H3. The first-order valence-corrected chi connectivity index (χ1v) is 6.66. The third kappa shape index (κ3) is 2.47. The fraction of sp³-hybridized carbons (Fsp3) is 0.923. The maximum Gasteiger partial charge on any atom is 0.223 e. The van der Waals surface area contributed by atoms with E-state index in [9.17, 15) is 4.79 Å². The second kappa shape index (κ2) is 4.58. The van der Waals surface area contributed by atoms with E-state index in [1.54, 1.807) is 0 Å². The van der Waals surface area contributed by atoms with Crippen LogP contribution in [0.1, 0.15) is 33.1 Å². The molecule has 0 saturated carbocycles. The molecule has 98 valence electrons. The first-order chi connectivity index (χ1) is 7.91. The monoisotopic (exact) mass is 239 g/mol. The predicted molar refractivity (Wildman–Crippen MR) is 68.6 cm³/mol. The van der Waals surface area contributed by atoms with Gasteiger partial charge in [-0.3, -0.25) is 4.79 Å². The third-order valence-corrected chi connectivity index (χ3v) is 4.52. The van der Waals surface area contributed by atoms with Crippen LogP contribution in [0.5, 0.6) is 0 Å². The van der Waals surface area contributed by atoms with Gasteiger partial charge in [0.25, 0.3) is 0 Å². The molecule has 4 nitrogen and oxygen atoms in total. The van der Waals surface area contributed by atoms with Crippen LogP contribution in [0.2, 0.25) is 0 Å². The lowest BCUT2D eigenvalue weighted by Gasteiger charge is -2.35. The maximum atomic E-state index is 12.3. The summed E-state index contributed by atoms with van der Waals surface area (Å²) in [6.45, 7) is 7.19. The lowest BCUT2D eigenvalue weighted by atomic mass is 9.95. The van der Waals surface area contributed by atoms with Gasteiger partial charge >= 0.3 is 0 Å². The van der Waals surface area contributed by atoms with E-state index < -0.39 is 0 Å². The highest BCUT2D eigenvalue weighted by molar-refractivity contribution is 5.77. The molecule has 0 spiro atoms. The summed E-state index contributed by atoms with van der Waals surface area (Å²) in [6.07, 6.45) is 2.78. The Morgan fingerprint density at radius 3 is 2.53 bits per heavy atom. The minimum atomic E-state index is -0.165. The molecule has 1 amide bonds. The number of likely N-dealkylation sites (tertiary alicyclic amines) is 2. The van der Waals surface area contributed by atoms with Crippen LogP contribution >= 0.6 is 0 Å². The first kappa shape index (κ1) is 12.8. The molecule has 0 bridgehead atoms. The van der Waals surface area contributed by atoms with Crippen LogP contribution in [0.4, 0.5) is 0 Å². The Morgan fingerprint density at radius 2 is 2.06 bits per heavy atom. The van der Waals surface area contributed by atoms with Crippen molar-refractivity contribution in [1.82, 2.24) is 9.80 Å². The highest BCUT2D eigenvalue weighted by Gasteiger charge is 2.42. The van der Waals surface area contributed by atoms with Crippen molar-refractivity contribution < 1.29 is 4.79 Å². The van der Waals surface area contributed by atoms with Gasteiger partial charge in [0.1, 0.15) is 0 Å². The molecule has 2 fully saturated rings. The van der Waals surface area contributed by atoms with E-state index in [0.717, 1.165) is 32.5 Å². The van der Waals surface area contributed by atoms with E-state index in [-0.39, 0.29) is 11.6 Å². The average molecular weight is 239 g/mol. The minimum Gasteiger partial charge on any atom is -0.336 e. The van der Waals surface area contributed by atoms with E-state index in [4.69, 9.17) is 5.73 Å². The quantitative estimate of drug-likeness (QED) is 0.770. The summed E-state index contributed by atoms with van der Waals surface area (Å²) >= 11 is 0. The molecular weight excluding hydrogens is 214 g/mol. The van der Waals surface area contributed by atoms with Crippen molar-refractivity contribution in [3.8, 4) is 0 Å². The molecular formula is C13H25N3O. The fourth-order valence-corrected chi connectivity index (χ4v) is 3.11. The van der Waals surface area contributed by atoms with Crippen molar-refractivity contribution in [3.05, 3.63) is 0 Å². The molecule has 2 unspecified atom stereocenters. The van der Waals surface area contributed by atoms with Crippen molar-refractivity contribution in [2.24, 2.45) is 11.7 Å². The molecule has 0 aliphatic carbocycles. The molecule has 2 saturated heterocycles. The topological polar surface area (TPSA) is 49.6 Å². The van der Waals surface area contributed by atoms with Crippen LogP contribution in [0.3, 0.4) is 0 Å². The second-order valence-corrected chi connectivity index (χ2v) is 6.22. The van der Waals surface area contributed by atoms with Crippen molar-refractivity contribution in [2.75, 3.05) is 26.7 Å². The molecule has 2 aliphatic rings. The second-order valence-electron chi connectivity index (χ2n) is 6.22. The zero-order valence-corrected chi connectivity index (χ0v) is 11.3. The minimum absolute atomic E-state index is 0.123. The van der Waals surface area contributed by atoms with Crippen LogP contribution in [0.25, 0.3) is 0 Å². The molecule has 0 aromatic heterocycles. The number of amides is 1. The number of hydrogen-bond acceptors (Lipinski definition) is 3. The van der Waals surface area contributed by atoms with Gasteiger partial charge in [-0.15, -0.1) is 0 Å². The summed E-state index contributed by atoms with van der Waals surface area (Å²) in [5, 5.41) is 0. The summed E-state index contributed by atoms with van der Waals surface area (Å²) in [4.78, 5) is 16.6. The molecule has 2 N–H and O–H groups in total. The summed E-state index contributed by atoms with van der Waals surface area (Å²) in [5.74, 6) is 0.836. The number of hydrogen-bond donors (Lipinski definition) is 1. The average Bonchev–Trinajstić information content (AvgIpc) is 2.73. The molecule has 2 rings (SSSR count). The lowest BCUT2D eigenvalue weighted by molar-refractivity contribution is -0.135. The Hall–Kier alpha value is -0.610.